The topological polar surface area (TPSA) is 52.6 Å². The summed E-state index contributed by atoms with van der Waals surface area (Å²) in [5.41, 5.74) is 0. The summed E-state index contributed by atoms with van der Waals surface area (Å²) in [6, 6.07) is 0.155. The molecule has 2 atom stereocenters. The van der Waals surface area contributed by atoms with Crippen LogP contribution in [0.4, 0.5) is 0 Å². The van der Waals surface area contributed by atoms with Crippen LogP contribution in [0, 0.1) is 0 Å². The average molecular weight is 188 g/mol. The van der Waals surface area contributed by atoms with Gasteiger partial charge in [-0.1, -0.05) is 0 Å². The first kappa shape index (κ1) is 12.4. The van der Waals surface area contributed by atoms with Gasteiger partial charge in [-0.3, -0.25) is 4.79 Å². The summed E-state index contributed by atoms with van der Waals surface area (Å²) >= 11 is 0. The Hall–Kier alpha value is -0.610. The zero-order valence-electron chi connectivity index (χ0n) is 8.87. The van der Waals surface area contributed by atoms with E-state index in [0.29, 0.717) is 6.42 Å². The molecule has 0 saturated carbocycles. The molecule has 0 saturated heterocycles. The molecule has 0 radical (unpaired) electrons. The molecule has 0 bridgehead atoms. The van der Waals surface area contributed by atoms with Gasteiger partial charge in [0.05, 0.1) is 6.61 Å². The Balaban J connectivity index is 3.74. The van der Waals surface area contributed by atoms with E-state index in [1.54, 1.807) is 19.0 Å². The van der Waals surface area contributed by atoms with Crippen LogP contribution in [-0.4, -0.2) is 48.7 Å². The van der Waals surface area contributed by atoms with Crippen LogP contribution in [0.5, 0.6) is 0 Å². The van der Waals surface area contributed by atoms with Crippen molar-refractivity contribution in [1.29, 1.82) is 0 Å². The lowest BCUT2D eigenvalue weighted by atomic mass is 10.2. The number of hydrogen-bond donors (Lipinski definition) is 2. The molecule has 0 aliphatic rings. The zero-order chi connectivity index (χ0) is 10.4. The van der Waals surface area contributed by atoms with E-state index in [-0.39, 0.29) is 24.6 Å². The Morgan fingerprint density at radius 1 is 1.38 bits per heavy atom. The van der Waals surface area contributed by atoms with Crippen molar-refractivity contribution in [3.63, 3.8) is 0 Å². The molecule has 0 fully saturated rings. The molecule has 4 nitrogen and oxygen atoms in total. The van der Waals surface area contributed by atoms with E-state index in [0.717, 1.165) is 0 Å². The van der Waals surface area contributed by atoms with E-state index < -0.39 is 0 Å². The summed E-state index contributed by atoms with van der Waals surface area (Å²) in [7, 11) is 3.48. The van der Waals surface area contributed by atoms with Gasteiger partial charge in [0.25, 0.3) is 0 Å². The summed E-state index contributed by atoms with van der Waals surface area (Å²) in [4.78, 5) is 12.8. The molecule has 0 aromatic heterocycles. The second-order valence-electron chi connectivity index (χ2n) is 3.64. The van der Waals surface area contributed by atoms with Crippen LogP contribution in [0.25, 0.3) is 0 Å². The minimum Gasteiger partial charge on any atom is -0.395 e. The number of aliphatic hydroxyl groups is 1. The second kappa shape index (κ2) is 5.94. The fraction of sp³-hybridized carbons (Fsp3) is 0.889. The van der Waals surface area contributed by atoms with Gasteiger partial charge in [-0.15, -0.1) is 0 Å². The van der Waals surface area contributed by atoms with E-state index >= 15 is 0 Å². The first-order valence-electron chi connectivity index (χ1n) is 4.54. The Bertz CT molecular complexity index is 160. The zero-order valence-corrected chi connectivity index (χ0v) is 8.87. The van der Waals surface area contributed by atoms with Gasteiger partial charge in [0.2, 0.25) is 5.91 Å². The van der Waals surface area contributed by atoms with Gasteiger partial charge in [-0.25, -0.2) is 0 Å². The third-order valence-corrected chi connectivity index (χ3v) is 1.82. The van der Waals surface area contributed by atoms with E-state index in [4.69, 9.17) is 5.11 Å². The van der Waals surface area contributed by atoms with E-state index in [2.05, 4.69) is 5.32 Å². The minimum absolute atomic E-state index is 0.0463. The van der Waals surface area contributed by atoms with Gasteiger partial charge in [-0.2, -0.15) is 0 Å². The van der Waals surface area contributed by atoms with Crippen LogP contribution >= 0.6 is 0 Å². The Morgan fingerprint density at radius 2 is 1.92 bits per heavy atom. The number of nitrogens with one attached hydrogen (secondary N) is 1. The maximum absolute atomic E-state index is 11.2. The second-order valence-corrected chi connectivity index (χ2v) is 3.64. The van der Waals surface area contributed by atoms with E-state index in [9.17, 15) is 4.79 Å². The van der Waals surface area contributed by atoms with Gasteiger partial charge in [0.1, 0.15) is 0 Å². The number of nitrogens with zero attached hydrogens (tertiary/aromatic N) is 1. The van der Waals surface area contributed by atoms with Crippen molar-refractivity contribution in [2.24, 2.45) is 0 Å². The lowest BCUT2D eigenvalue weighted by molar-refractivity contribution is -0.129. The molecular formula is C9H20N2O2. The molecule has 2 N–H and O–H groups in total. The Morgan fingerprint density at radius 3 is 2.31 bits per heavy atom. The van der Waals surface area contributed by atoms with Crippen LogP contribution in [0.15, 0.2) is 0 Å². The number of amides is 1. The van der Waals surface area contributed by atoms with Crippen LogP contribution in [0.2, 0.25) is 0 Å². The highest BCUT2D eigenvalue weighted by Crippen LogP contribution is 1.96. The summed E-state index contributed by atoms with van der Waals surface area (Å²) < 4.78 is 0. The van der Waals surface area contributed by atoms with Crippen molar-refractivity contribution in [3.8, 4) is 0 Å². The highest BCUT2D eigenvalue weighted by Gasteiger charge is 2.11. The maximum Gasteiger partial charge on any atom is 0.223 e. The lowest BCUT2D eigenvalue weighted by Crippen LogP contribution is -2.39. The van der Waals surface area contributed by atoms with Crippen molar-refractivity contribution in [1.82, 2.24) is 10.2 Å². The van der Waals surface area contributed by atoms with Crippen molar-refractivity contribution in [2.75, 3.05) is 20.7 Å². The van der Waals surface area contributed by atoms with Crippen molar-refractivity contribution in [2.45, 2.75) is 32.4 Å². The monoisotopic (exact) mass is 188 g/mol. The molecule has 4 heteroatoms. The van der Waals surface area contributed by atoms with Crippen LogP contribution in [0.3, 0.4) is 0 Å². The first-order chi connectivity index (χ1) is 5.97. The molecular weight excluding hydrogens is 168 g/mol. The normalized spacial score (nSPS) is 15.2. The number of rotatable bonds is 5. The van der Waals surface area contributed by atoms with Crippen LogP contribution in [0.1, 0.15) is 20.3 Å². The fourth-order valence-electron chi connectivity index (χ4n) is 1.04. The minimum atomic E-state index is 0.0463. The summed E-state index contributed by atoms with van der Waals surface area (Å²) in [6.07, 6.45) is 0.470. The highest BCUT2D eigenvalue weighted by atomic mass is 16.3. The molecule has 2 unspecified atom stereocenters. The Kier molecular flexibility index (Phi) is 5.66. The van der Waals surface area contributed by atoms with Gasteiger partial charge < -0.3 is 15.3 Å². The highest BCUT2D eigenvalue weighted by molar-refractivity contribution is 5.76. The molecule has 1 amide bonds. The smallest absolute Gasteiger partial charge is 0.223 e. The fourth-order valence-corrected chi connectivity index (χ4v) is 1.04. The lowest BCUT2D eigenvalue weighted by Gasteiger charge is -2.19. The Labute approximate surface area is 79.9 Å². The van der Waals surface area contributed by atoms with E-state index in [1.165, 1.54) is 0 Å². The quantitative estimate of drug-likeness (QED) is 0.629. The molecule has 78 valence electrons. The molecule has 0 rings (SSSR count). The van der Waals surface area contributed by atoms with E-state index in [1.807, 2.05) is 13.8 Å². The average Bonchev–Trinajstić information content (AvgIpc) is 2.03. The number of hydrogen-bond acceptors (Lipinski definition) is 3. The first-order valence-corrected chi connectivity index (χ1v) is 4.54. The third-order valence-electron chi connectivity index (χ3n) is 1.82. The molecule has 0 aliphatic heterocycles. The van der Waals surface area contributed by atoms with Crippen molar-refractivity contribution >= 4 is 5.91 Å². The third kappa shape index (κ3) is 5.60. The summed E-state index contributed by atoms with van der Waals surface area (Å²) in [6.45, 7) is 3.92. The summed E-state index contributed by atoms with van der Waals surface area (Å²) in [5, 5.41) is 11.9. The van der Waals surface area contributed by atoms with Gasteiger partial charge in [0.15, 0.2) is 0 Å². The molecule has 0 aromatic carbocycles. The standard InChI is InChI=1S/C9H20N2O2/c1-7(10-8(2)6-12)5-9(13)11(3)4/h7-8,10,12H,5-6H2,1-4H3. The van der Waals surface area contributed by atoms with Crippen LogP contribution < -0.4 is 5.32 Å². The predicted octanol–water partition coefficient (Wildman–Crippen LogP) is -0.176. The SMILES string of the molecule is CC(CO)NC(C)CC(=O)N(C)C. The van der Waals surface area contributed by atoms with Gasteiger partial charge in [0, 0.05) is 32.6 Å². The number of carbonyl (C=O) groups excluding carboxylic acids is 1. The summed E-state index contributed by atoms with van der Waals surface area (Å²) in [5.74, 6) is 0.102. The molecule has 0 heterocycles. The molecule has 0 aliphatic carbocycles. The van der Waals surface area contributed by atoms with Gasteiger partial charge in [-0.05, 0) is 13.8 Å². The number of carbonyl (C=O) groups is 1. The van der Waals surface area contributed by atoms with Crippen LogP contribution in [-0.2, 0) is 4.79 Å². The van der Waals surface area contributed by atoms with Crippen molar-refractivity contribution in [3.05, 3.63) is 0 Å². The predicted molar refractivity (Wildman–Crippen MR) is 52.5 cm³/mol. The van der Waals surface area contributed by atoms with Gasteiger partial charge >= 0.3 is 0 Å². The van der Waals surface area contributed by atoms with Crippen molar-refractivity contribution < 1.29 is 9.90 Å². The maximum atomic E-state index is 11.2. The molecule has 13 heavy (non-hydrogen) atoms. The number of aliphatic hydroxyl groups excluding tert-OH is 1. The molecule has 0 aromatic rings. The largest absolute Gasteiger partial charge is 0.395 e. The molecule has 0 spiro atoms.